The van der Waals surface area contributed by atoms with Crippen molar-refractivity contribution in [1.82, 2.24) is 4.90 Å². The first kappa shape index (κ1) is 17.5. The van der Waals surface area contributed by atoms with Gasteiger partial charge in [0, 0.05) is 0 Å². The van der Waals surface area contributed by atoms with E-state index in [4.69, 9.17) is 10.0 Å². The quantitative estimate of drug-likeness (QED) is 0.614. The molecule has 0 radical (unpaired) electrons. The number of carboxylic acids is 1. The molecule has 0 bridgehead atoms. The maximum Gasteiger partial charge on any atom is 0.451 e. The summed E-state index contributed by atoms with van der Waals surface area (Å²) in [6.45, 7) is 2.77. The SMILES string of the molecule is CN(C)CCC1CC[C@@H](CCB(O)O)CC1(C)C(=O)O. The van der Waals surface area contributed by atoms with Crippen LogP contribution in [-0.2, 0) is 4.79 Å². The minimum absolute atomic E-state index is 0.206. The summed E-state index contributed by atoms with van der Waals surface area (Å²) in [5, 5.41) is 27.5. The van der Waals surface area contributed by atoms with Crippen molar-refractivity contribution in [3.8, 4) is 0 Å². The molecular formula is C14H28BNO4. The van der Waals surface area contributed by atoms with Crippen LogP contribution >= 0.6 is 0 Å². The normalized spacial score (nSPS) is 30.5. The van der Waals surface area contributed by atoms with Gasteiger partial charge in [-0.05, 0) is 65.0 Å². The van der Waals surface area contributed by atoms with Crippen molar-refractivity contribution in [3.05, 3.63) is 0 Å². The van der Waals surface area contributed by atoms with E-state index in [1.54, 1.807) is 0 Å². The third-order valence-corrected chi connectivity index (χ3v) is 4.78. The summed E-state index contributed by atoms with van der Waals surface area (Å²) in [6, 6.07) is 0. The predicted molar refractivity (Wildman–Crippen MR) is 79.4 cm³/mol. The first-order valence-electron chi connectivity index (χ1n) is 7.50. The summed E-state index contributed by atoms with van der Waals surface area (Å²) in [7, 11) is 2.73. The van der Waals surface area contributed by atoms with Crippen molar-refractivity contribution in [2.24, 2.45) is 17.3 Å². The van der Waals surface area contributed by atoms with Gasteiger partial charge >= 0.3 is 13.1 Å². The van der Waals surface area contributed by atoms with Gasteiger partial charge in [-0.25, -0.2) is 0 Å². The Morgan fingerprint density at radius 3 is 2.45 bits per heavy atom. The summed E-state index contributed by atoms with van der Waals surface area (Å²) >= 11 is 0. The third-order valence-electron chi connectivity index (χ3n) is 4.78. The first-order valence-corrected chi connectivity index (χ1v) is 7.50. The summed E-state index contributed by atoms with van der Waals surface area (Å²) in [4.78, 5) is 13.8. The van der Waals surface area contributed by atoms with E-state index in [2.05, 4.69) is 4.90 Å². The molecule has 20 heavy (non-hydrogen) atoms. The Kier molecular flexibility index (Phi) is 6.49. The number of carbonyl (C=O) groups is 1. The maximum atomic E-state index is 11.7. The Hall–Kier alpha value is -0.585. The zero-order valence-electron chi connectivity index (χ0n) is 12.9. The highest BCUT2D eigenvalue weighted by molar-refractivity contribution is 6.40. The number of rotatable bonds is 7. The Morgan fingerprint density at radius 1 is 1.30 bits per heavy atom. The average Bonchev–Trinajstić information content (AvgIpc) is 2.34. The molecule has 1 aliphatic rings. The molecular weight excluding hydrogens is 257 g/mol. The molecule has 0 aromatic rings. The van der Waals surface area contributed by atoms with Crippen LogP contribution in [0.25, 0.3) is 0 Å². The van der Waals surface area contributed by atoms with E-state index >= 15 is 0 Å². The molecule has 0 spiro atoms. The van der Waals surface area contributed by atoms with Gasteiger partial charge in [0.05, 0.1) is 5.41 Å². The lowest BCUT2D eigenvalue weighted by Crippen LogP contribution is -2.42. The third kappa shape index (κ3) is 4.75. The Labute approximate surface area is 122 Å². The van der Waals surface area contributed by atoms with Crippen LogP contribution in [0, 0.1) is 17.3 Å². The molecule has 0 heterocycles. The topological polar surface area (TPSA) is 81.0 Å². The van der Waals surface area contributed by atoms with Crippen LogP contribution in [0.4, 0.5) is 0 Å². The molecule has 0 saturated heterocycles. The molecule has 1 aliphatic carbocycles. The fraction of sp³-hybridized carbons (Fsp3) is 0.929. The molecule has 2 unspecified atom stereocenters. The molecule has 1 fully saturated rings. The molecule has 1 saturated carbocycles. The van der Waals surface area contributed by atoms with Gasteiger partial charge in [0.15, 0.2) is 0 Å². The summed E-state index contributed by atoms with van der Waals surface area (Å²) in [6.07, 6.45) is 4.50. The van der Waals surface area contributed by atoms with E-state index in [-0.39, 0.29) is 11.8 Å². The Morgan fingerprint density at radius 2 is 1.95 bits per heavy atom. The van der Waals surface area contributed by atoms with Crippen LogP contribution in [0.1, 0.15) is 39.0 Å². The van der Waals surface area contributed by atoms with E-state index in [1.165, 1.54) is 0 Å². The van der Waals surface area contributed by atoms with Gasteiger partial charge in [0.1, 0.15) is 0 Å². The lowest BCUT2D eigenvalue weighted by Gasteiger charge is -2.42. The molecule has 0 aromatic heterocycles. The molecule has 1 rings (SSSR count). The van der Waals surface area contributed by atoms with Gasteiger partial charge in [0.2, 0.25) is 0 Å². The number of aliphatic carboxylic acids is 1. The molecule has 116 valence electrons. The fourth-order valence-electron chi connectivity index (χ4n) is 3.39. The van der Waals surface area contributed by atoms with E-state index in [1.807, 2.05) is 21.0 Å². The van der Waals surface area contributed by atoms with Crippen molar-refractivity contribution in [2.75, 3.05) is 20.6 Å². The number of hydrogen-bond acceptors (Lipinski definition) is 4. The highest BCUT2D eigenvalue weighted by Gasteiger charge is 2.45. The van der Waals surface area contributed by atoms with Crippen LogP contribution in [0.2, 0.25) is 6.32 Å². The number of hydrogen-bond donors (Lipinski definition) is 3. The van der Waals surface area contributed by atoms with Crippen molar-refractivity contribution in [3.63, 3.8) is 0 Å². The van der Waals surface area contributed by atoms with E-state index in [0.717, 1.165) is 25.8 Å². The van der Waals surface area contributed by atoms with Crippen molar-refractivity contribution >= 4 is 13.1 Å². The van der Waals surface area contributed by atoms with Crippen LogP contribution < -0.4 is 0 Å². The molecule has 3 atom stereocenters. The first-order chi connectivity index (χ1) is 9.25. The van der Waals surface area contributed by atoms with Crippen LogP contribution in [0.5, 0.6) is 0 Å². The smallest absolute Gasteiger partial charge is 0.451 e. The van der Waals surface area contributed by atoms with E-state index in [0.29, 0.717) is 19.2 Å². The number of carboxylic acid groups (broad SMARTS) is 1. The second-order valence-electron chi connectivity index (χ2n) is 6.72. The fourth-order valence-corrected chi connectivity index (χ4v) is 3.39. The molecule has 0 amide bonds. The molecule has 5 nitrogen and oxygen atoms in total. The maximum absolute atomic E-state index is 11.7. The Balaban J connectivity index is 2.64. The van der Waals surface area contributed by atoms with Crippen molar-refractivity contribution < 1.29 is 19.9 Å². The minimum atomic E-state index is -1.28. The van der Waals surface area contributed by atoms with Gasteiger partial charge in [-0.2, -0.15) is 0 Å². The van der Waals surface area contributed by atoms with Gasteiger partial charge in [-0.1, -0.05) is 12.8 Å². The second kappa shape index (κ2) is 7.43. The van der Waals surface area contributed by atoms with Gasteiger partial charge in [0.25, 0.3) is 0 Å². The van der Waals surface area contributed by atoms with Crippen molar-refractivity contribution in [2.45, 2.75) is 45.3 Å². The second-order valence-corrected chi connectivity index (χ2v) is 6.72. The lowest BCUT2D eigenvalue weighted by atomic mass is 9.61. The largest absolute Gasteiger partial charge is 0.481 e. The van der Waals surface area contributed by atoms with Crippen LogP contribution in [-0.4, -0.2) is 53.8 Å². The highest BCUT2D eigenvalue weighted by Crippen LogP contribution is 2.46. The molecule has 0 aromatic carbocycles. The lowest BCUT2D eigenvalue weighted by molar-refractivity contribution is -0.155. The van der Waals surface area contributed by atoms with E-state index in [9.17, 15) is 9.90 Å². The zero-order chi connectivity index (χ0) is 15.3. The monoisotopic (exact) mass is 285 g/mol. The predicted octanol–water partition coefficient (Wildman–Crippen LogP) is 1.31. The Bertz CT molecular complexity index is 324. The zero-order valence-corrected chi connectivity index (χ0v) is 12.9. The highest BCUT2D eigenvalue weighted by atomic mass is 16.4. The minimum Gasteiger partial charge on any atom is -0.481 e. The summed E-state index contributed by atoms with van der Waals surface area (Å²) in [5.41, 5.74) is -0.681. The van der Waals surface area contributed by atoms with Gasteiger partial charge in [-0.3, -0.25) is 4.79 Å². The number of nitrogens with zero attached hydrogens (tertiary/aromatic N) is 1. The van der Waals surface area contributed by atoms with Gasteiger partial charge < -0.3 is 20.1 Å². The van der Waals surface area contributed by atoms with Crippen LogP contribution in [0.15, 0.2) is 0 Å². The van der Waals surface area contributed by atoms with Gasteiger partial charge in [-0.15, -0.1) is 0 Å². The van der Waals surface area contributed by atoms with Crippen molar-refractivity contribution in [1.29, 1.82) is 0 Å². The molecule has 6 heteroatoms. The molecule has 3 N–H and O–H groups in total. The average molecular weight is 285 g/mol. The standard InChI is InChI=1S/C14H28BNO4/c1-14(13(17)18)10-11(6-8-15(19)20)4-5-12(14)7-9-16(2)3/h11-12,19-20H,4-10H2,1-3H3,(H,17,18)/t11-,12?,14?/m0/s1. The summed E-state index contributed by atoms with van der Waals surface area (Å²) < 4.78 is 0. The summed E-state index contributed by atoms with van der Waals surface area (Å²) in [5.74, 6) is -0.221. The van der Waals surface area contributed by atoms with Crippen LogP contribution in [0.3, 0.4) is 0 Å². The van der Waals surface area contributed by atoms with E-state index < -0.39 is 18.5 Å². The molecule has 0 aliphatic heterocycles.